The summed E-state index contributed by atoms with van der Waals surface area (Å²) in [5.41, 5.74) is 6.91. The third kappa shape index (κ3) is 5.62. The molecule has 2 aliphatic rings. The fraction of sp³-hybridized carbons (Fsp3) is 0.310. The van der Waals surface area contributed by atoms with Gasteiger partial charge in [-0.05, 0) is 56.2 Å². The van der Waals surface area contributed by atoms with E-state index in [9.17, 15) is 14.3 Å². The van der Waals surface area contributed by atoms with E-state index in [1.54, 1.807) is 25.1 Å². The summed E-state index contributed by atoms with van der Waals surface area (Å²) < 4.78 is 47.1. The molecule has 5 rings (SSSR count). The second kappa shape index (κ2) is 11.9. The summed E-state index contributed by atoms with van der Waals surface area (Å²) in [6.07, 6.45) is 2.19. The lowest BCUT2D eigenvalue weighted by molar-refractivity contribution is -0.144. The van der Waals surface area contributed by atoms with Crippen molar-refractivity contribution in [3.05, 3.63) is 65.4 Å². The maximum atomic E-state index is 15.6. The summed E-state index contributed by atoms with van der Waals surface area (Å²) in [6.45, 7) is 3.85. The molecular weight excluding hydrogens is 550 g/mol. The predicted octanol–water partition coefficient (Wildman–Crippen LogP) is 4.16. The molecule has 0 spiro atoms. The van der Waals surface area contributed by atoms with E-state index in [1.807, 2.05) is 16.8 Å². The van der Waals surface area contributed by atoms with E-state index >= 15 is 4.39 Å². The summed E-state index contributed by atoms with van der Waals surface area (Å²) >= 11 is 0. The first-order valence-electron chi connectivity index (χ1n) is 13.4. The molecule has 4 N–H and O–H groups in total. The van der Waals surface area contributed by atoms with Crippen molar-refractivity contribution in [3.8, 4) is 28.9 Å². The van der Waals surface area contributed by atoms with Gasteiger partial charge in [-0.1, -0.05) is 0 Å². The molecule has 11 nitrogen and oxygen atoms in total. The zero-order chi connectivity index (χ0) is 30.0. The molecule has 1 fully saturated rings. The van der Waals surface area contributed by atoms with Crippen molar-refractivity contribution in [2.24, 2.45) is 10.7 Å². The Kier molecular flexibility index (Phi) is 8.09. The van der Waals surface area contributed by atoms with Crippen molar-refractivity contribution in [2.45, 2.75) is 25.8 Å². The Morgan fingerprint density at radius 1 is 1.17 bits per heavy atom. The Balaban J connectivity index is 1.51. The van der Waals surface area contributed by atoms with Gasteiger partial charge in [0, 0.05) is 31.4 Å². The maximum Gasteiger partial charge on any atom is 0.328 e. The molecule has 1 atom stereocenters. The largest absolute Gasteiger partial charge is 0.504 e. The Morgan fingerprint density at radius 2 is 1.98 bits per heavy atom. The number of carbonyl (C=O) groups is 1. The average molecular weight is 581 g/mol. The van der Waals surface area contributed by atoms with Crippen molar-refractivity contribution in [3.63, 3.8) is 0 Å². The van der Waals surface area contributed by atoms with Gasteiger partial charge in [-0.25, -0.2) is 14.2 Å². The first-order chi connectivity index (χ1) is 20.2. The number of aromatic hydroxyl groups is 1. The second-order valence-corrected chi connectivity index (χ2v) is 9.77. The number of hydrogen-bond acceptors (Lipinski definition) is 10. The van der Waals surface area contributed by atoms with Crippen LogP contribution in [0.3, 0.4) is 0 Å². The molecule has 1 aromatic heterocycles. The molecule has 2 aliphatic heterocycles. The number of phenols is 1. The van der Waals surface area contributed by atoms with Crippen LogP contribution in [0, 0.1) is 17.0 Å². The normalized spacial score (nSPS) is 16.4. The number of rotatable bonds is 9. The van der Waals surface area contributed by atoms with E-state index in [4.69, 9.17) is 25.4 Å². The minimum Gasteiger partial charge on any atom is -0.504 e. The number of likely N-dealkylation sites (N-methyl/N-ethyl adjacent to an activating group) is 1. The molecule has 42 heavy (non-hydrogen) atoms. The summed E-state index contributed by atoms with van der Waals surface area (Å²) in [7, 11) is 1.85. The number of nitrogen functional groups attached to an aromatic ring is 1. The lowest BCUT2D eigenvalue weighted by Gasteiger charge is -2.27. The second-order valence-electron chi connectivity index (χ2n) is 9.77. The fourth-order valence-electron chi connectivity index (χ4n) is 4.92. The van der Waals surface area contributed by atoms with Gasteiger partial charge in [-0.15, -0.1) is 0 Å². The molecule has 0 radical (unpaired) electrons. The third-order valence-corrected chi connectivity index (χ3v) is 6.99. The number of halogens is 2. The number of anilines is 1. The summed E-state index contributed by atoms with van der Waals surface area (Å²) in [5.74, 6) is -4.29. The van der Waals surface area contributed by atoms with E-state index in [-0.39, 0.29) is 41.2 Å². The van der Waals surface area contributed by atoms with Crippen LogP contribution < -0.4 is 20.1 Å². The van der Waals surface area contributed by atoms with Gasteiger partial charge in [0.05, 0.1) is 24.9 Å². The van der Waals surface area contributed by atoms with Gasteiger partial charge >= 0.3 is 5.97 Å². The highest BCUT2D eigenvalue weighted by Crippen LogP contribution is 2.39. The number of ether oxygens (including phenoxy) is 3. The number of nitrogens with two attached hydrogens (primary N) is 1. The molecule has 0 aliphatic carbocycles. The fourth-order valence-corrected chi connectivity index (χ4v) is 4.92. The number of carbonyl (C=O) groups excluding carboxylic acids is 1. The van der Waals surface area contributed by atoms with Crippen LogP contribution in [0.2, 0.25) is 0 Å². The number of aromatic nitrogens is 1. The highest BCUT2D eigenvalue weighted by atomic mass is 19.1. The van der Waals surface area contributed by atoms with Crippen molar-refractivity contribution >= 4 is 23.3 Å². The van der Waals surface area contributed by atoms with E-state index in [2.05, 4.69) is 9.98 Å². The quantitative estimate of drug-likeness (QED) is 0.193. The number of phenolic OH excluding ortho intramolecular Hbond substituents is 1. The molecule has 0 amide bonds. The molecule has 3 heterocycles. The molecule has 0 saturated carbocycles. The average Bonchev–Trinajstić information content (AvgIpc) is 3.63. The molecule has 1 saturated heterocycles. The zero-order valence-corrected chi connectivity index (χ0v) is 23.1. The van der Waals surface area contributed by atoms with Crippen LogP contribution in [-0.4, -0.2) is 72.0 Å². The monoisotopic (exact) mass is 580 g/mol. The number of nitrogens with zero attached hydrogens (tertiary/aromatic N) is 4. The number of pyridine rings is 1. The smallest absolute Gasteiger partial charge is 0.328 e. The first-order valence-corrected chi connectivity index (χ1v) is 13.4. The van der Waals surface area contributed by atoms with Crippen LogP contribution in [0.5, 0.6) is 28.9 Å². The van der Waals surface area contributed by atoms with Gasteiger partial charge in [-0.3, -0.25) is 10.4 Å². The van der Waals surface area contributed by atoms with E-state index in [0.29, 0.717) is 37.5 Å². The Hall–Kier alpha value is -4.94. The van der Waals surface area contributed by atoms with Gasteiger partial charge in [-0.2, -0.15) is 4.39 Å². The van der Waals surface area contributed by atoms with Gasteiger partial charge in [0.1, 0.15) is 23.5 Å². The minimum absolute atomic E-state index is 0.120. The van der Waals surface area contributed by atoms with Crippen LogP contribution in [0.15, 0.2) is 47.6 Å². The number of hydrogen-bond donors (Lipinski definition) is 3. The Labute approximate surface area is 240 Å². The van der Waals surface area contributed by atoms with Crippen LogP contribution >= 0.6 is 0 Å². The van der Waals surface area contributed by atoms with Crippen LogP contribution in [0.1, 0.15) is 30.9 Å². The summed E-state index contributed by atoms with van der Waals surface area (Å²) in [5, 5.41) is 17.7. The first kappa shape index (κ1) is 28.6. The van der Waals surface area contributed by atoms with Crippen molar-refractivity contribution < 1.29 is 32.9 Å². The number of esters is 1. The topological polar surface area (TPSA) is 147 Å². The van der Waals surface area contributed by atoms with E-state index in [1.165, 1.54) is 18.2 Å². The number of benzene rings is 2. The third-order valence-electron chi connectivity index (χ3n) is 6.99. The standard InChI is InChI=1S/C29H30F2N6O5/c1-3-40-29(39)20-5-4-11-37(20)17-7-9-22(18(14-17)27-34-10-12-36(27)2)41-25-19(30)15-35-28(24(25)31)42-23-13-16(26(32)33)6-8-21(23)38/h6-9,13-15,20,38H,3-5,10-12H2,1-2H3,(H3,32,33). The lowest BCUT2D eigenvalue weighted by Crippen LogP contribution is -2.37. The highest BCUT2D eigenvalue weighted by molar-refractivity contribution is 6.03. The molecule has 3 aromatic rings. The number of nitrogens with one attached hydrogen (secondary N) is 1. The van der Waals surface area contributed by atoms with Crippen molar-refractivity contribution in [1.29, 1.82) is 5.41 Å². The Morgan fingerprint density at radius 3 is 2.69 bits per heavy atom. The maximum absolute atomic E-state index is 15.6. The number of aliphatic imine (C=N–C) groups is 1. The molecule has 0 bridgehead atoms. The molecule has 1 unspecified atom stereocenters. The zero-order valence-electron chi connectivity index (χ0n) is 23.1. The minimum atomic E-state index is -1.25. The van der Waals surface area contributed by atoms with E-state index < -0.39 is 29.3 Å². The Bertz CT molecular complexity index is 1570. The van der Waals surface area contributed by atoms with Crippen molar-refractivity contribution in [2.75, 3.05) is 38.2 Å². The van der Waals surface area contributed by atoms with Crippen LogP contribution in [0.25, 0.3) is 0 Å². The van der Waals surface area contributed by atoms with Gasteiger partial charge < -0.3 is 34.9 Å². The molecular formula is C29H30F2N6O5. The predicted molar refractivity (Wildman–Crippen MR) is 151 cm³/mol. The van der Waals surface area contributed by atoms with Gasteiger partial charge in [0.15, 0.2) is 17.3 Å². The highest BCUT2D eigenvalue weighted by Gasteiger charge is 2.33. The number of amidine groups is 2. The van der Waals surface area contributed by atoms with Crippen LogP contribution in [0.4, 0.5) is 14.5 Å². The lowest BCUT2D eigenvalue weighted by atomic mass is 10.1. The van der Waals surface area contributed by atoms with E-state index in [0.717, 1.165) is 18.3 Å². The summed E-state index contributed by atoms with van der Waals surface area (Å²) in [6, 6.07) is 8.47. The molecule has 220 valence electrons. The molecule has 2 aromatic carbocycles. The SMILES string of the molecule is CCOC(=O)C1CCCN1c1ccc(Oc2c(F)cnc(Oc3cc(C(=N)N)ccc3O)c2F)c(C2=NCCN2C)c1. The van der Waals surface area contributed by atoms with Gasteiger partial charge in [0.2, 0.25) is 11.6 Å². The molecule has 13 heteroatoms. The summed E-state index contributed by atoms with van der Waals surface area (Å²) in [4.78, 5) is 24.7. The van der Waals surface area contributed by atoms with Crippen LogP contribution in [-0.2, 0) is 9.53 Å². The van der Waals surface area contributed by atoms with Gasteiger partial charge in [0.25, 0.3) is 5.88 Å². The van der Waals surface area contributed by atoms with Crippen molar-refractivity contribution in [1.82, 2.24) is 9.88 Å².